The average molecular weight is 274 g/mol. The molecule has 0 spiro atoms. The number of carbonyl (C=O) groups is 1. The monoisotopic (exact) mass is 274 g/mol. The molecule has 103 valence electrons. The molecule has 2 nitrogen and oxygen atoms in total. The molecule has 21 heavy (non-hydrogen) atoms. The van der Waals surface area contributed by atoms with Crippen LogP contribution in [0.1, 0.15) is 23.5 Å². The minimum atomic E-state index is -0.531. The molecule has 1 radical (unpaired) electrons. The maximum atomic E-state index is 11.4. The zero-order chi connectivity index (χ0) is 14.7. The Bertz CT molecular complexity index is 759. The predicted molar refractivity (Wildman–Crippen MR) is 85.0 cm³/mol. The van der Waals surface area contributed by atoms with E-state index >= 15 is 0 Å². The Kier molecular flexibility index (Phi) is 3.69. The fourth-order valence-electron chi connectivity index (χ4n) is 2.83. The van der Waals surface area contributed by atoms with Crippen LogP contribution < -0.4 is 5.73 Å². The Morgan fingerprint density at radius 2 is 1.52 bits per heavy atom. The minimum Gasteiger partial charge on any atom is -0.273 e. The van der Waals surface area contributed by atoms with Gasteiger partial charge >= 0.3 is 0 Å². The van der Waals surface area contributed by atoms with Crippen LogP contribution in [0.25, 0.3) is 10.8 Å². The van der Waals surface area contributed by atoms with Gasteiger partial charge in [0.05, 0.1) is 0 Å². The zero-order valence-electron chi connectivity index (χ0n) is 11.6. The number of fused-ring (bicyclic) bond motifs is 1. The number of nitrogens with one attached hydrogen (secondary N) is 1. The molecule has 0 saturated heterocycles. The zero-order valence-corrected chi connectivity index (χ0v) is 11.6. The standard InChI is InChI=1S/C19H16NO/c20-19(21)13-18(15-7-2-1-3-8-15)17-12-6-10-14-9-4-5-11-16(14)17/h1-12,18,20H,13H2. The first-order chi connectivity index (χ1) is 10.3. The second-order valence-corrected chi connectivity index (χ2v) is 5.16. The largest absolute Gasteiger partial charge is 0.273 e. The first-order valence-corrected chi connectivity index (χ1v) is 7.03. The fraction of sp³-hybridized carbons (Fsp3) is 0.105. The van der Waals surface area contributed by atoms with Gasteiger partial charge in [-0.1, -0.05) is 72.8 Å². The van der Waals surface area contributed by atoms with E-state index in [0.29, 0.717) is 0 Å². The Morgan fingerprint density at radius 1 is 0.857 bits per heavy atom. The number of amides is 1. The second-order valence-electron chi connectivity index (χ2n) is 5.16. The van der Waals surface area contributed by atoms with Gasteiger partial charge in [0.25, 0.3) is 0 Å². The smallest absolute Gasteiger partial charge is 0.239 e. The molecule has 1 amide bonds. The number of hydrogen-bond donors (Lipinski definition) is 0. The van der Waals surface area contributed by atoms with E-state index in [9.17, 15) is 4.79 Å². The van der Waals surface area contributed by atoms with Crippen LogP contribution in [-0.4, -0.2) is 5.91 Å². The van der Waals surface area contributed by atoms with Gasteiger partial charge in [0.1, 0.15) is 0 Å². The van der Waals surface area contributed by atoms with Gasteiger partial charge in [-0.15, -0.1) is 0 Å². The maximum absolute atomic E-state index is 11.4. The van der Waals surface area contributed by atoms with Crippen molar-refractivity contribution >= 4 is 16.7 Å². The third-order valence-corrected chi connectivity index (χ3v) is 3.79. The van der Waals surface area contributed by atoms with E-state index in [4.69, 9.17) is 5.73 Å². The number of benzene rings is 3. The molecule has 0 bridgehead atoms. The molecular weight excluding hydrogens is 258 g/mol. The van der Waals surface area contributed by atoms with Crippen LogP contribution in [0.4, 0.5) is 0 Å². The molecule has 3 rings (SSSR count). The number of carbonyl (C=O) groups excluding carboxylic acids is 1. The van der Waals surface area contributed by atoms with E-state index in [1.807, 2.05) is 48.5 Å². The van der Waals surface area contributed by atoms with Crippen molar-refractivity contribution in [1.82, 2.24) is 5.73 Å². The van der Waals surface area contributed by atoms with Crippen LogP contribution in [0.2, 0.25) is 0 Å². The normalized spacial score (nSPS) is 12.2. The van der Waals surface area contributed by atoms with Gasteiger partial charge in [0.15, 0.2) is 0 Å². The lowest BCUT2D eigenvalue weighted by Gasteiger charge is -2.18. The quantitative estimate of drug-likeness (QED) is 0.704. The molecule has 0 aliphatic carbocycles. The average Bonchev–Trinajstić information content (AvgIpc) is 2.53. The molecule has 2 heteroatoms. The van der Waals surface area contributed by atoms with E-state index in [0.717, 1.165) is 21.9 Å². The molecule has 1 unspecified atom stereocenters. The van der Waals surface area contributed by atoms with Crippen molar-refractivity contribution in [2.75, 3.05) is 0 Å². The van der Waals surface area contributed by atoms with Crippen molar-refractivity contribution in [2.45, 2.75) is 12.3 Å². The molecule has 0 aliphatic rings. The third-order valence-electron chi connectivity index (χ3n) is 3.79. The highest BCUT2D eigenvalue weighted by Gasteiger charge is 2.18. The molecule has 0 saturated carbocycles. The highest BCUT2D eigenvalue weighted by molar-refractivity contribution is 5.87. The Hall–Kier alpha value is -2.61. The summed E-state index contributed by atoms with van der Waals surface area (Å²) in [6.45, 7) is 0. The SMILES string of the molecule is [NH]C(=O)CC(c1ccccc1)c1cccc2ccccc12. The lowest BCUT2D eigenvalue weighted by Crippen LogP contribution is -2.09. The summed E-state index contributed by atoms with van der Waals surface area (Å²) in [4.78, 5) is 11.4. The first-order valence-electron chi connectivity index (χ1n) is 7.03. The summed E-state index contributed by atoms with van der Waals surface area (Å²) in [6, 6.07) is 24.3. The highest BCUT2D eigenvalue weighted by Crippen LogP contribution is 2.33. The van der Waals surface area contributed by atoms with Crippen molar-refractivity contribution in [3.63, 3.8) is 0 Å². The van der Waals surface area contributed by atoms with Gasteiger partial charge in [0.2, 0.25) is 5.91 Å². The van der Waals surface area contributed by atoms with Gasteiger partial charge in [-0.05, 0) is 21.9 Å². The lowest BCUT2D eigenvalue weighted by atomic mass is 9.85. The van der Waals surface area contributed by atoms with E-state index < -0.39 is 5.91 Å². The molecule has 0 aromatic heterocycles. The van der Waals surface area contributed by atoms with Crippen molar-refractivity contribution in [2.24, 2.45) is 0 Å². The Labute approximate surface area is 124 Å². The highest BCUT2D eigenvalue weighted by atomic mass is 16.1. The van der Waals surface area contributed by atoms with Crippen molar-refractivity contribution in [3.05, 3.63) is 83.9 Å². The summed E-state index contributed by atoms with van der Waals surface area (Å²) in [6.07, 6.45) is 0.206. The molecule has 0 fully saturated rings. The topological polar surface area (TPSA) is 40.9 Å². The summed E-state index contributed by atoms with van der Waals surface area (Å²) >= 11 is 0. The fourth-order valence-corrected chi connectivity index (χ4v) is 2.83. The molecular formula is C19H16NO. The molecule has 1 N–H and O–H groups in total. The number of hydrogen-bond acceptors (Lipinski definition) is 1. The van der Waals surface area contributed by atoms with Gasteiger partial charge in [0, 0.05) is 12.3 Å². The van der Waals surface area contributed by atoms with E-state index in [1.54, 1.807) is 0 Å². The maximum Gasteiger partial charge on any atom is 0.239 e. The molecule has 0 heterocycles. The summed E-state index contributed by atoms with van der Waals surface area (Å²) in [7, 11) is 0. The van der Waals surface area contributed by atoms with Crippen molar-refractivity contribution < 1.29 is 4.79 Å². The first kappa shape index (κ1) is 13.4. The second kappa shape index (κ2) is 5.80. The number of rotatable bonds is 4. The Morgan fingerprint density at radius 3 is 2.29 bits per heavy atom. The van der Waals surface area contributed by atoms with Crippen LogP contribution in [0.3, 0.4) is 0 Å². The van der Waals surface area contributed by atoms with Crippen LogP contribution in [0, 0.1) is 0 Å². The van der Waals surface area contributed by atoms with Gasteiger partial charge < -0.3 is 0 Å². The lowest BCUT2D eigenvalue weighted by molar-refractivity contribution is -0.118. The molecule has 1 atom stereocenters. The summed E-state index contributed by atoms with van der Waals surface area (Å²) in [5.41, 5.74) is 9.57. The van der Waals surface area contributed by atoms with Crippen molar-refractivity contribution in [1.29, 1.82) is 0 Å². The summed E-state index contributed by atoms with van der Waals surface area (Å²) < 4.78 is 0. The van der Waals surface area contributed by atoms with E-state index in [1.165, 1.54) is 0 Å². The van der Waals surface area contributed by atoms with E-state index in [-0.39, 0.29) is 12.3 Å². The molecule has 3 aromatic carbocycles. The van der Waals surface area contributed by atoms with Gasteiger partial charge in [-0.25, -0.2) is 0 Å². The van der Waals surface area contributed by atoms with Crippen molar-refractivity contribution in [3.8, 4) is 0 Å². The summed E-state index contributed by atoms with van der Waals surface area (Å²) in [5.74, 6) is -0.598. The Balaban J connectivity index is 2.17. The molecule has 0 aliphatic heterocycles. The third kappa shape index (κ3) is 2.79. The molecule has 3 aromatic rings. The van der Waals surface area contributed by atoms with Crippen LogP contribution >= 0.6 is 0 Å². The summed E-state index contributed by atoms with van der Waals surface area (Å²) in [5, 5.41) is 2.31. The van der Waals surface area contributed by atoms with Crippen LogP contribution in [0.15, 0.2) is 72.8 Å². The van der Waals surface area contributed by atoms with Crippen LogP contribution in [0.5, 0.6) is 0 Å². The van der Waals surface area contributed by atoms with Crippen LogP contribution in [-0.2, 0) is 4.79 Å². The van der Waals surface area contributed by atoms with E-state index in [2.05, 4.69) is 24.3 Å². The predicted octanol–water partition coefficient (Wildman–Crippen LogP) is 4.17. The van der Waals surface area contributed by atoms with Gasteiger partial charge in [-0.3, -0.25) is 10.5 Å². The van der Waals surface area contributed by atoms with Gasteiger partial charge in [-0.2, -0.15) is 0 Å². The minimum absolute atomic E-state index is 0.0673.